The lowest BCUT2D eigenvalue weighted by Crippen LogP contribution is -2.48. The van der Waals surface area contributed by atoms with E-state index in [4.69, 9.17) is 0 Å². The molecular formula is C9H22NO+. The van der Waals surface area contributed by atoms with Gasteiger partial charge >= 0.3 is 0 Å². The van der Waals surface area contributed by atoms with Gasteiger partial charge < -0.3 is 9.59 Å². The summed E-state index contributed by atoms with van der Waals surface area (Å²) in [6.07, 6.45) is 1.02. The molecule has 0 fully saturated rings. The predicted molar refractivity (Wildman–Crippen MR) is 48.4 cm³/mol. The van der Waals surface area contributed by atoms with Gasteiger partial charge in [-0.15, -0.1) is 0 Å². The molecule has 0 aromatic rings. The standard InChI is InChI=1S/C9H22NO/c1-5-7-10(4,6-2)8-9(3)11/h9,11H,5-8H2,1-4H3/q+1. The lowest BCUT2D eigenvalue weighted by Gasteiger charge is -2.34. The third-order valence-corrected chi connectivity index (χ3v) is 2.23. The van der Waals surface area contributed by atoms with Crippen molar-refractivity contribution in [3.05, 3.63) is 0 Å². The van der Waals surface area contributed by atoms with Gasteiger partial charge in [-0.2, -0.15) is 0 Å². The van der Waals surface area contributed by atoms with Crippen molar-refractivity contribution in [1.29, 1.82) is 0 Å². The smallest absolute Gasteiger partial charge is 0.104 e. The Kier molecular flexibility index (Phi) is 4.69. The summed E-state index contributed by atoms with van der Waals surface area (Å²) in [5.41, 5.74) is 0. The first-order valence-electron chi connectivity index (χ1n) is 4.55. The zero-order chi connectivity index (χ0) is 8.91. The highest BCUT2D eigenvalue weighted by molar-refractivity contribution is 4.44. The fraction of sp³-hybridized carbons (Fsp3) is 1.00. The number of quaternary nitrogens is 1. The molecular weight excluding hydrogens is 138 g/mol. The second kappa shape index (κ2) is 4.73. The summed E-state index contributed by atoms with van der Waals surface area (Å²) in [6, 6.07) is 0. The van der Waals surface area contributed by atoms with Gasteiger partial charge in [0.1, 0.15) is 12.6 Å². The van der Waals surface area contributed by atoms with Crippen molar-refractivity contribution in [2.24, 2.45) is 0 Å². The summed E-state index contributed by atoms with van der Waals surface area (Å²) in [6.45, 7) is 9.39. The SMILES string of the molecule is CCC[N+](C)(CC)CC(C)O. The minimum Gasteiger partial charge on any atom is -0.388 e. The third kappa shape index (κ3) is 4.38. The molecule has 0 radical (unpaired) electrons. The van der Waals surface area contributed by atoms with Crippen LogP contribution in [0, 0.1) is 0 Å². The van der Waals surface area contributed by atoms with Gasteiger partial charge in [0.05, 0.1) is 20.1 Å². The molecule has 0 aliphatic carbocycles. The lowest BCUT2D eigenvalue weighted by molar-refractivity contribution is -0.910. The van der Waals surface area contributed by atoms with E-state index >= 15 is 0 Å². The van der Waals surface area contributed by atoms with Crippen LogP contribution in [0.1, 0.15) is 27.2 Å². The van der Waals surface area contributed by atoms with Gasteiger partial charge in [-0.1, -0.05) is 6.92 Å². The van der Waals surface area contributed by atoms with Crippen LogP contribution in [0.5, 0.6) is 0 Å². The number of rotatable bonds is 5. The Balaban J connectivity index is 3.87. The second-order valence-electron chi connectivity index (χ2n) is 3.69. The van der Waals surface area contributed by atoms with Crippen LogP contribution in [-0.2, 0) is 0 Å². The van der Waals surface area contributed by atoms with Crippen molar-refractivity contribution in [3.63, 3.8) is 0 Å². The molecule has 0 rings (SSSR count). The van der Waals surface area contributed by atoms with Crippen molar-refractivity contribution in [2.75, 3.05) is 26.7 Å². The molecule has 0 aromatic carbocycles. The molecule has 68 valence electrons. The van der Waals surface area contributed by atoms with E-state index in [0.717, 1.165) is 17.6 Å². The van der Waals surface area contributed by atoms with Crippen LogP contribution in [0.4, 0.5) is 0 Å². The zero-order valence-corrected chi connectivity index (χ0v) is 8.30. The summed E-state index contributed by atoms with van der Waals surface area (Å²) in [5, 5.41) is 9.23. The maximum Gasteiger partial charge on any atom is 0.104 e. The van der Waals surface area contributed by atoms with E-state index in [1.165, 1.54) is 13.0 Å². The van der Waals surface area contributed by atoms with Gasteiger partial charge in [0.2, 0.25) is 0 Å². The molecule has 0 aliphatic heterocycles. The van der Waals surface area contributed by atoms with E-state index in [1.54, 1.807) is 0 Å². The highest BCUT2D eigenvalue weighted by atomic mass is 16.3. The van der Waals surface area contributed by atoms with Crippen LogP contribution in [-0.4, -0.2) is 42.4 Å². The summed E-state index contributed by atoms with van der Waals surface area (Å²) < 4.78 is 0.994. The molecule has 0 saturated carbocycles. The molecule has 1 N–H and O–H groups in total. The normalized spacial score (nSPS) is 19.4. The van der Waals surface area contributed by atoms with Crippen molar-refractivity contribution in [2.45, 2.75) is 33.3 Å². The number of likely N-dealkylation sites (N-methyl/N-ethyl adjacent to an activating group) is 1. The molecule has 0 bridgehead atoms. The molecule has 2 unspecified atom stereocenters. The second-order valence-corrected chi connectivity index (χ2v) is 3.69. The van der Waals surface area contributed by atoms with Crippen molar-refractivity contribution >= 4 is 0 Å². The van der Waals surface area contributed by atoms with E-state index < -0.39 is 0 Å². The molecule has 0 spiro atoms. The molecule has 2 heteroatoms. The molecule has 0 amide bonds. The number of aliphatic hydroxyl groups is 1. The summed E-state index contributed by atoms with van der Waals surface area (Å²) in [5.74, 6) is 0. The van der Waals surface area contributed by atoms with Crippen LogP contribution in [0.3, 0.4) is 0 Å². The van der Waals surface area contributed by atoms with E-state index in [-0.39, 0.29) is 6.10 Å². The molecule has 0 saturated heterocycles. The van der Waals surface area contributed by atoms with Crippen LogP contribution >= 0.6 is 0 Å². The zero-order valence-electron chi connectivity index (χ0n) is 8.30. The Hall–Kier alpha value is -0.0800. The average molecular weight is 160 g/mol. The van der Waals surface area contributed by atoms with Crippen LogP contribution < -0.4 is 0 Å². The van der Waals surface area contributed by atoms with Crippen LogP contribution in [0.15, 0.2) is 0 Å². The molecule has 0 aliphatic rings. The van der Waals surface area contributed by atoms with Crippen LogP contribution in [0.2, 0.25) is 0 Å². The topological polar surface area (TPSA) is 20.2 Å². The Morgan fingerprint density at radius 3 is 2.18 bits per heavy atom. The largest absolute Gasteiger partial charge is 0.388 e. The molecule has 11 heavy (non-hydrogen) atoms. The Bertz CT molecular complexity index is 104. The number of nitrogens with zero attached hydrogens (tertiary/aromatic N) is 1. The third-order valence-electron chi connectivity index (χ3n) is 2.23. The monoisotopic (exact) mass is 160 g/mol. The van der Waals surface area contributed by atoms with Crippen molar-refractivity contribution < 1.29 is 9.59 Å². The maximum atomic E-state index is 9.23. The molecule has 2 nitrogen and oxygen atoms in total. The molecule has 0 heterocycles. The highest BCUT2D eigenvalue weighted by Crippen LogP contribution is 2.04. The van der Waals surface area contributed by atoms with E-state index in [2.05, 4.69) is 20.9 Å². The summed E-state index contributed by atoms with van der Waals surface area (Å²) >= 11 is 0. The summed E-state index contributed by atoms with van der Waals surface area (Å²) in [7, 11) is 2.20. The first-order valence-corrected chi connectivity index (χ1v) is 4.55. The van der Waals surface area contributed by atoms with Gasteiger partial charge in [-0.3, -0.25) is 0 Å². The van der Waals surface area contributed by atoms with Crippen molar-refractivity contribution in [1.82, 2.24) is 0 Å². The predicted octanol–water partition coefficient (Wildman–Crippen LogP) is 1.24. The maximum absolute atomic E-state index is 9.23. The number of hydrogen-bond acceptors (Lipinski definition) is 1. The van der Waals surface area contributed by atoms with Gasteiger partial charge in [-0.05, 0) is 20.3 Å². The molecule has 2 atom stereocenters. The Morgan fingerprint density at radius 2 is 1.91 bits per heavy atom. The van der Waals surface area contributed by atoms with Crippen LogP contribution in [0.25, 0.3) is 0 Å². The number of hydrogen-bond donors (Lipinski definition) is 1. The number of aliphatic hydroxyl groups excluding tert-OH is 1. The first-order chi connectivity index (χ1) is 5.04. The average Bonchev–Trinajstić information content (AvgIpc) is 1.87. The first kappa shape index (κ1) is 10.9. The van der Waals surface area contributed by atoms with E-state index in [0.29, 0.717) is 0 Å². The Morgan fingerprint density at radius 1 is 1.36 bits per heavy atom. The van der Waals surface area contributed by atoms with Gasteiger partial charge in [-0.25, -0.2) is 0 Å². The van der Waals surface area contributed by atoms with Gasteiger partial charge in [0.25, 0.3) is 0 Å². The van der Waals surface area contributed by atoms with Crippen molar-refractivity contribution in [3.8, 4) is 0 Å². The highest BCUT2D eigenvalue weighted by Gasteiger charge is 2.19. The lowest BCUT2D eigenvalue weighted by atomic mass is 10.2. The minimum absolute atomic E-state index is 0.175. The van der Waals surface area contributed by atoms with E-state index in [9.17, 15) is 5.11 Å². The minimum atomic E-state index is -0.175. The summed E-state index contributed by atoms with van der Waals surface area (Å²) in [4.78, 5) is 0. The fourth-order valence-corrected chi connectivity index (χ4v) is 1.56. The fourth-order valence-electron chi connectivity index (χ4n) is 1.56. The Labute approximate surface area is 70.4 Å². The van der Waals surface area contributed by atoms with E-state index in [1.807, 2.05) is 6.92 Å². The van der Waals surface area contributed by atoms with Gasteiger partial charge in [0, 0.05) is 0 Å². The van der Waals surface area contributed by atoms with Gasteiger partial charge in [0.15, 0.2) is 0 Å². The quantitative estimate of drug-likeness (QED) is 0.600. The molecule has 0 aromatic heterocycles.